The van der Waals surface area contributed by atoms with Crippen molar-refractivity contribution in [2.75, 3.05) is 5.32 Å². The molecule has 2 aromatic rings. The number of thiophene rings is 1. The molecule has 2 rings (SSSR count). The number of hydrogen-bond acceptors (Lipinski definition) is 2. The van der Waals surface area contributed by atoms with E-state index in [0.717, 1.165) is 26.6 Å². The highest BCUT2D eigenvalue weighted by Gasteiger charge is 2.05. The van der Waals surface area contributed by atoms with E-state index in [9.17, 15) is 0 Å². The van der Waals surface area contributed by atoms with Crippen LogP contribution in [0.3, 0.4) is 0 Å². The average molecular weight is 351 g/mol. The lowest BCUT2D eigenvalue weighted by molar-refractivity contribution is 1.19. The van der Waals surface area contributed by atoms with Crippen molar-refractivity contribution in [3.8, 4) is 0 Å². The molecule has 17 heavy (non-hydrogen) atoms. The third kappa shape index (κ3) is 3.38. The van der Waals surface area contributed by atoms with Gasteiger partial charge in [-0.3, -0.25) is 0 Å². The Bertz CT molecular complexity index is 539. The highest BCUT2D eigenvalue weighted by atomic mass is 79.9. The van der Waals surface area contributed by atoms with Crippen LogP contribution in [0.1, 0.15) is 10.4 Å². The molecule has 1 heterocycles. The van der Waals surface area contributed by atoms with E-state index in [4.69, 9.17) is 23.2 Å². The van der Waals surface area contributed by atoms with Crippen molar-refractivity contribution in [2.45, 2.75) is 13.5 Å². The van der Waals surface area contributed by atoms with Gasteiger partial charge in [-0.05, 0) is 52.7 Å². The summed E-state index contributed by atoms with van der Waals surface area (Å²) in [7, 11) is 0. The Balaban J connectivity index is 2.11. The van der Waals surface area contributed by atoms with E-state index in [1.165, 1.54) is 4.88 Å². The molecule has 0 amide bonds. The zero-order valence-electron chi connectivity index (χ0n) is 9.06. The SMILES string of the molecule is Cc1cc(Cl)c(NCc2ccc(Br)s2)cc1Cl. The normalized spacial score (nSPS) is 10.6. The quantitative estimate of drug-likeness (QED) is 0.744. The molecule has 0 aliphatic rings. The van der Waals surface area contributed by atoms with Crippen molar-refractivity contribution >= 4 is 56.2 Å². The Morgan fingerprint density at radius 3 is 2.65 bits per heavy atom. The number of nitrogens with one attached hydrogen (secondary N) is 1. The minimum absolute atomic E-state index is 0.697. The van der Waals surface area contributed by atoms with Gasteiger partial charge in [-0.2, -0.15) is 0 Å². The first kappa shape index (κ1) is 13.2. The van der Waals surface area contributed by atoms with Gasteiger partial charge in [0.25, 0.3) is 0 Å². The molecule has 0 fully saturated rings. The summed E-state index contributed by atoms with van der Waals surface area (Å²) in [4.78, 5) is 1.24. The Labute approximate surface area is 123 Å². The fraction of sp³-hybridized carbons (Fsp3) is 0.167. The van der Waals surface area contributed by atoms with Crippen LogP contribution >= 0.6 is 50.5 Å². The average Bonchev–Trinajstić information content (AvgIpc) is 2.68. The standard InChI is InChI=1S/C12H10BrCl2NS/c1-7-4-10(15)11(5-9(7)14)16-6-8-2-3-12(13)17-8/h2-5,16H,6H2,1H3. The molecule has 0 aliphatic carbocycles. The molecule has 5 heteroatoms. The number of aryl methyl sites for hydroxylation is 1. The van der Waals surface area contributed by atoms with Crippen LogP contribution in [-0.4, -0.2) is 0 Å². The highest BCUT2D eigenvalue weighted by Crippen LogP contribution is 2.30. The van der Waals surface area contributed by atoms with E-state index in [1.54, 1.807) is 11.3 Å². The van der Waals surface area contributed by atoms with Gasteiger partial charge in [0.15, 0.2) is 0 Å². The van der Waals surface area contributed by atoms with E-state index >= 15 is 0 Å². The minimum atomic E-state index is 0.697. The lowest BCUT2D eigenvalue weighted by atomic mass is 10.2. The van der Waals surface area contributed by atoms with Crippen molar-refractivity contribution < 1.29 is 0 Å². The molecule has 0 saturated carbocycles. The molecule has 1 nitrogen and oxygen atoms in total. The van der Waals surface area contributed by atoms with Crippen molar-refractivity contribution in [3.63, 3.8) is 0 Å². The summed E-state index contributed by atoms with van der Waals surface area (Å²) in [6.07, 6.45) is 0. The molecule has 0 aliphatic heterocycles. The summed E-state index contributed by atoms with van der Waals surface area (Å²) >= 11 is 17.3. The molecule has 1 aromatic carbocycles. The topological polar surface area (TPSA) is 12.0 Å². The highest BCUT2D eigenvalue weighted by molar-refractivity contribution is 9.11. The predicted molar refractivity (Wildman–Crippen MR) is 80.5 cm³/mol. The maximum atomic E-state index is 6.15. The van der Waals surface area contributed by atoms with E-state index in [1.807, 2.05) is 25.1 Å². The molecule has 0 spiro atoms. The molecule has 90 valence electrons. The first-order valence-electron chi connectivity index (χ1n) is 5.00. The van der Waals surface area contributed by atoms with Crippen molar-refractivity contribution in [3.05, 3.63) is 48.5 Å². The summed E-state index contributed by atoms with van der Waals surface area (Å²) in [5, 5.41) is 4.71. The van der Waals surface area contributed by atoms with Crippen LogP contribution in [-0.2, 0) is 6.54 Å². The van der Waals surface area contributed by atoms with Gasteiger partial charge in [-0.15, -0.1) is 11.3 Å². The maximum absolute atomic E-state index is 6.15. The lowest BCUT2D eigenvalue weighted by Gasteiger charge is -2.09. The summed E-state index contributed by atoms with van der Waals surface area (Å²) in [5.41, 5.74) is 1.85. The molecule has 0 unspecified atom stereocenters. The van der Waals surface area contributed by atoms with E-state index in [0.29, 0.717) is 5.02 Å². The number of benzene rings is 1. The number of anilines is 1. The molecule has 0 saturated heterocycles. The third-order valence-electron chi connectivity index (χ3n) is 2.33. The molecular formula is C12H10BrCl2NS. The van der Waals surface area contributed by atoms with E-state index in [-0.39, 0.29) is 0 Å². The molecule has 0 atom stereocenters. The second-order valence-electron chi connectivity index (χ2n) is 3.64. The zero-order chi connectivity index (χ0) is 12.4. The summed E-state index contributed by atoms with van der Waals surface area (Å²) in [6.45, 7) is 2.68. The van der Waals surface area contributed by atoms with Gasteiger partial charge in [-0.1, -0.05) is 23.2 Å². The van der Waals surface area contributed by atoms with Crippen molar-refractivity contribution in [1.29, 1.82) is 0 Å². The first-order valence-corrected chi connectivity index (χ1v) is 7.36. The fourth-order valence-electron chi connectivity index (χ4n) is 1.41. The molecule has 0 radical (unpaired) electrons. The number of hydrogen-bond donors (Lipinski definition) is 1. The predicted octanol–water partition coefficient (Wildman–Crippen LogP) is 5.74. The van der Waals surface area contributed by atoms with E-state index < -0.39 is 0 Å². The molecule has 0 bridgehead atoms. The van der Waals surface area contributed by atoms with Crippen LogP contribution in [0.4, 0.5) is 5.69 Å². The van der Waals surface area contributed by atoms with Crippen molar-refractivity contribution in [1.82, 2.24) is 0 Å². The lowest BCUT2D eigenvalue weighted by Crippen LogP contribution is -1.98. The monoisotopic (exact) mass is 349 g/mol. The van der Waals surface area contributed by atoms with Crippen LogP contribution in [0.2, 0.25) is 10.0 Å². The Morgan fingerprint density at radius 1 is 1.24 bits per heavy atom. The smallest absolute Gasteiger partial charge is 0.0702 e. The summed E-state index contributed by atoms with van der Waals surface area (Å²) in [5.74, 6) is 0. The van der Waals surface area contributed by atoms with Crippen molar-refractivity contribution in [2.24, 2.45) is 0 Å². The van der Waals surface area contributed by atoms with Crippen LogP contribution in [0.5, 0.6) is 0 Å². The Hall–Kier alpha value is -0.220. The van der Waals surface area contributed by atoms with Gasteiger partial charge in [-0.25, -0.2) is 0 Å². The van der Waals surface area contributed by atoms with Gasteiger partial charge in [0.1, 0.15) is 0 Å². The maximum Gasteiger partial charge on any atom is 0.0702 e. The third-order valence-corrected chi connectivity index (χ3v) is 4.67. The first-order chi connectivity index (χ1) is 8.06. The fourth-order valence-corrected chi connectivity index (χ4v) is 3.28. The van der Waals surface area contributed by atoms with Crippen LogP contribution in [0.25, 0.3) is 0 Å². The van der Waals surface area contributed by atoms with E-state index in [2.05, 4.69) is 27.3 Å². The molecule has 1 N–H and O–H groups in total. The van der Waals surface area contributed by atoms with Gasteiger partial charge in [0.2, 0.25) is 0 Å². The Kier molecular flexibility index (Phi) is 4.36. The Morgan fingerprint density at radius 2 is 2.00 bits per heavy atom. The second-order valence-corrected chi connectivity index (χ2v) is 7.00. The van der Waals surface area contributed by atoms with Gasteiger partial charge < -0.3 is 5.32 Å². The number of rotatable bonds is 3. The van der Waals surface area contributed by atoms with Gasteiger partial charge >= 0.3 is 0 Å². The van der Waals surface area contributed by atoms with Crippen LogP contribution < -0.4 is 5.32 Å². The molecular weight excluding hydrogens is 341 g/mol. The van der Waals surface area contributed by atoms with Crippen LogP contribution in [0, 0.1) is 6.92 Å². The molecule has 1 aromatic heterocycles. The summed E-state index contributed by atoms with van der Waals surface area (Å²) < 4.78 is 1.13. The largest absolute Gasteiger partial charge is 0.379 e. The van der Waals surface area contributed by atoms with Gasteiger partial charge in [0.05, 0.1) is 14.5 Å². The zero-order valence-corrected chi connectivity index (χ0v) is 13.0. The second kappa shape index (κ2) is 5.61. The van der Waals surface area contributed by atoms with Gasteiger partial charge in [0, 0.05) is 16.4 Å². The minimum Gasteiger partial charge on any atom is -0.379 e. The summed E-state index contributed by atoms with van der Waals surface area (Å²) in [6, 6.07) is 7.84. The van der Waals surface area contributed by atoms with Crippen LogP contribution in [0.15, 0.2) is 28.1 Å². The number of halogens is 3.